The maximum atomic E-state index is 10.3. The fraction of sp³-hybridized carbons (Fsp3) is 0.333. The van der Waals surface area contributed by atoms with Crippen LogP contribution in [-0.2, 0) is 0 Å². The Morgan fingerprint density at radius 2 is 2.07 bits per heavy atom. The minimum atomic E-state index is -0.473. The second kappa shape index (κ2) is 7.72. The Morgan fingerprint density at radius 3 is 2.40 bits per heavy atom. The second-order valence-corrected chi connectivity index (χ2v) is 2.44. The van der Waals surface area contributed by atoms with E-state index >= 15 is 0 Å². The number of hydrogen-bond acceptors (Lipinski definition) is 5. The van der Waals surface area contributed by atoms with Gasteiger partial charge in [0.05, 0.1) is 18.6 Å². The smallest absolute Gasteiger partial charge is 0.310 e. The summed E-state index contributed by atoms with van der Waals surface area (Å²) in [5, 5.41) is 18.1. The van der Waals surface area contributed by atoms with E-state index in [1.807, 2.05) is 0 Å². The zero-order valence-electron chi connectivity index (χ0n) is 8.42. The van der Waals surface area contributed by atoms with E-state index in [-0.39, 0.29) is 18.0 Å². The van der Waals surface area contributed by atoms with Crippen LogP contribution in [0.15, 0.2) is 24.3 Å². The Balaban J connectivity index is 0.000000423. The number of nitrogens with two attached hydrogens (primary N) is 1. The lowest BCUT2D eigenvalue weighted by Gasteiger charge is -1.98. The van der Waals surface area contributed by atoms with Crippen LogP contribution in [0.5, 0.6) is 5.75 Å². The predicted octanol–water partition coefficient (Wildman–Crippen LogP) is 0.541. The van der Waals surface area contributed by atoms with Crippen LogP contribution in [0.25, 0.3) is 0 Å². The molecule has 6 nitrogen and oxygen atoms in total. The zero-order valence-corrected chi connectivity index (χ0v) is 8.42. The minimum Gasteiger partial charge on any atom is -0.490 e. The lowest BCUT2D eigenvalue weighted by molar-refractivity contribution is -0.385. The second-order valence-electron chi connectivity index (χ2n) is 2.44. The molecule has 0 unspecified atom stereocenters. The number of para-hydroxylation sites is 2. The topological polar surface area (TPSA) is 98.6 Å². The quantitative estimate of drug-likeness (QED) is 0.565. The van der Waals surface area contributed by atoms with Crippen LogP contribution < -0.4 is 10.5 Å². The van der Waals surface area contributed by atoms with Crippen molar-refractivity contribution < 1.29 is 14.8 Å². The first-order valence-electron chi connectivity index (χ1n) is 4.25. The van der Waals surface area contributed by atoms with Gasteiger partial charge >= 0.3 is 5.69 Å². The number of hydrogen-bond donors (Lipinski definition) is 2. The molecule has 0 aliphatic carbocycles. The number of nitrogens with zero attached hydrogens (tertiary/aromatic N) is 1. The number of rotatable bonds is 3. The molecular formula is C9H14N2O4. The number of aliphatic hydroxyl groups is 1. The van der Waals surface area contributed by atoms with Crippen LogP contribution in [0.3, 0.4) is 0 Å². The Labute approximate surface area is 87.4 Å². The molecule has 0 heterocycles. The number of nitro benzene ring substituents is 1. The highest BCUT2D eigenvalue weighted by Crippen LogP contribution is 2.24. The molecule has 0 aromatic heterocycles. The molecule has 0 fully saturated rings. The SMILES string of the molecule is COc1ccccc1[N+](=O)[O-].NCCO. The van der Waals surface area contributed by atoms with Crippen molar-refractivity contribution in [3.05, 3.63) is 34.4 Å². The predicted molar refractivity (Wildman–Crippen MR) is 55.8 cm³/mol. The van der Waals surface area contributed by atoms with Crippen LogP contribution in [0.4, 0.5) is 5.69 Å². The average molecular weight is 214 g/mol. The molecule has 0 radical (unpaired) electrons. The van der Waals surface area contributed by atoms with Crippen molar-refractivity contribution in [3.63, 3.8) is 0 Å². The number of ether oxygens (including phenoxy) is 1. The molecular weight excluding hydrogens is 200 g/mol. The van der Waals surface area contributed by atoms with Crippen LogP contribution in [0.1, 0.15) is 0 Å². The van der Waals surface area contributed by atoms with E-state index < -0.39 is 4.92 Å². The van der Waals surface area contributed by atoms with Crippen molar-refractivity contribution in [3.8, 4) is 5.75 Å². The molecule has 6 heteroatoms. The largest absolute Gasteiger partial charge is 0.490 e. The van der Waals surface area contributed by atoms with Gasteiger partial charge in [0.1, 0.15) is 0 Å². The number of aliphatic hydroxyl groups excluding tert-OH is 1. The summed E-state index contributed by atoms with van der Waals surface area (Å²) in [4.78, 5) is 9.83. The highest BCUT2D eigenvalue weighted by molar-refractivity contribution is 5.45. The Hall–Kier alpha value is -1.66. The monoisotopic (exact) mass is 214 g/mol. The van der Waals surface area contributed by atoms with E-state index in [4.69, 9.17) is 15.6 Å². The Bertz CT molecular complexity index is 302. The van der Waals surface area contributed by atoms with Crippen molar-refractivity contribution in [1.29, 1.82) is 0 Å². The summed E-state index contributed by atoms with van der Waals surface area (Å²) in [5.41, 5.74) is 4.77. The third-order valence-corrected chi connectivity index (χ3v) is 1.41. The van der Waals surface area contributed by atoms with Gasteiger partial charge in [0.15, 0.2) is 5.75 Å². The summed E-state index contributed by atoms with van der Waals surface area (Å²) in [6, 6.07) is 6.24. The lowest BCUT2D eigenvalue weighted by atomic mass is 10.3. The maximum Gasteiger partial charge on any atom is 0.310 e. The van der Waals surface area contributed by atoms with E-state index in [0.717, 1.165) is 0 Å². The van der Waals surface area contributed by atoms with Crippen molar-refractivity contribution in [2.75, 3.05) is 20.3 Å². The lowest BCUT2D eigenvalue weighted by Crippen LogP contribution is -2.02. The van der Waals surface area contributed by atoms with Crippen molar-refractivity contribution in [2.24, 2.45) is 5.73 Å². The molecule has 0 saturated carbocycles. The van der Waals surface area contributed by atoms with Gasteiger partial charge in [-0.1, -0.05) is 12.1 Å². The summed E-state index contributed by atoms with van der Waals surface area (Å²) in [5.74, 6) is 0.289. The summed E-state index contributed by atoms with van der Waals surface area (Å²) >= 11 is 0. The number of nitro groups is 1. The molecule has 0 saturated heterocycles. The van der Waals surface area contributed by atoms with E-state index in [2.05, 4.69) is 0 Å². The third-order valence-electron chi connectivity index (χ3n) is 1.41. The average Bonchev–Trinajstić information content (AvgIpc) is 2.29. The fourth-order valence-electron chi connectivity index (χ4n) is 0.781. The van der Waals surface area contributed by atoms with Gasteiger partial charge in [-0.15, -0.1) is 0 Å². The van der Waals surface area contributed by atoms with Crippen LogP contribution in [0.2, 0.25) is 0 Å². The van der Waals surface area contributed by atoms with Gasteiger partial charge in [-0.3, -0.25) is 10.1 Å². The van der Waals surface area contributed by atoms with E-state index in [1.165, 1.54) is 13.2 Å². The normalized spacial score (nSPS) is 8.73. The van der Waals surface area contributed by atoms with Crippen LogP contribution in [0, 0.1) is 10.1 Å². The first kappa shape index (κ1) is 13.3. The first-order chi connectivity index (χ1) is 7.17. The minimum absolute atomic E-state index is 0.00463. The molecule has 0 aliphatic rings. The van der Waals surface area contributed by atoms with Gasteiger partial charge in [0.2, 0.25) is 0 Å². The summed E-state index contributed by atoms with van der Waals surface area (Å²) in [6.07, 6.45) is 0. The van der Waals surface area contributed by atoms with Gasteiger partial charge in [-0.2, -0.15) is 0 Å². The molecule has 0 bridgehead atoms. The van der Waals surface area contributed by atoms with Crippen molar-refractivity contribution >= 4 is 5.69 Å². The van der Waals surface area contributed by atoms with Crippen LogP contribution >= 0.6 is 0 Å². The number of methoxy groups -OCH3 is 1. The molecule has 1 aromatic rings. The van der Waals surface area contributed by atoms with E-state index in [0.29, 0.717) is 6.54 Å². The molecule has 0 spiro atoms. The molecule has 1 rings (SSSR count). The van der Waals surface area contributed by atoms with Gasteiger partial charge in [0.25, 0.3) is 0 Å². The van der Waals surface area contributed by atoms with Gasteiger partial charge in [0, 0.05) is 12.6 Å². The standard InChI is InChI=1S/C7H7NO3.C2H7NO/c1-11-7-5-3-2-4-6(7)8(9)10;3-1-2-4/h2-5H,1H3;4H,1-3H2. The van der Waals surface area contributed by atoms with Crippen molar-refractivity contribution in [2.45, 2.75) is 0 Å². The highest BCUT2D eigenvalue weighted by atomic mass is 16.6. The highest BCUT2D eigenvalue weighted by Gasteiger charge is 2.11. The van der Waals surface area contributed by atoms with Gasteiger partial charge in [-0.25, -0.2) is 0 Å². The number of benzene rings is 1. The third kappa shape index (κ3) is 4.94. The van der Waals surface area contributed by atoms with Crippen molar-refractivity contribution in [1.82, 2.24) is 0 Å². The summed E-state index contributed by atoms with van der Waals surface area (Å²) in [6.45, 7) is 0.472. The van der Waals surface area contributed by atoms with E-state index in [1.54, 1.807) is 18.2 Å². The fourth-order valence-corrected chi connectivity index (χ4v) is 0.781. The molecule has 84 valence electrons. The first-order valence-corrected chi connectivity index (χ1v) is 4.25. The summed E-state index contributed by atoms with van der Waals surface area (Å²) < 4.78 is 4.76. The molecule has 0 atom stereocenters. The van der Waals surface area contributed by atoms with Gasteiger partial charge < -0.3 is 15.6 Å². The van der Waals surface area contributed by atoms with Crippen LogP contribution in [-0.4, -0.2) is 30.3 Å². The summed E-state index contributed by atoms with van der Waals surface area (Å²) in [7, 11) is 1.41. The van der Waals surface area contributed by atoms with Gasteiger partial charge in [-0.05, 0) is 6.07 Å². The maximum absolute atomic E-state index is 10.3. The molecule has 3 N–H and O–H groups in total. The molecule has 0 aliphatic heterocycles. The Kier molecular flexibility index (Phi) is 6.86. The Morgan fingerprint density at radius 1 is 1.53 bits per heavy atom. The molecule has 15 heavy (non-hydrogen) atoms. The molecule has 1 aromatic carbocycles. The van der Waals surface area contributed by atoms with E-state index in [9.17, 15) is 10.1 Å². The zero-order chi connectivity index (χ0) is 11.7. The molecule has 0 amide bonds.